The third kappa shape index (κ3) is 6.14. The van der Waals surface area contributed by atoms with Gasteiger partial charge in [0, 0.05) is 32.7 Å². The van der Waals surface area contributed by atoms with Crippen LogP contribution in [-0.4, -0.2) is 54.8 Å². The third-order valence-corrected chi connectivity index (χ3v) is 6.73. The van der Waals surface area contributed by atoms with E-state index >= 15 is 0 Å². The summed E-state index contributed by atoms with van der Waals surface area (Å²) in [6.07, 6.45) is 6.00. The molecule has 0 radical (unpaired) electrons. The first-order valence-corrected chi connectivity index (χ1v) is 11.1. The van der Waals surface area contributed by atoms with Gasteiger partial charge in [-0.15, -0.1) is 11.3 Å². The Morgan fingerprint density at radius 2 is 2.04 bits per heavy atom. The van der Waals surface area contributed by atoms with Crippen molar-refractivity contribution in [2.45, 2.75) is 58.0 Å². The number of Topliss-reactive ketones (excluding diaryl/α,β-unsaturated/α-hetero) is 1. The number of ketones is 1. The van der Waals surface area contributed by atoms with Crippen LogP contribution in [0.5, 0.6) is 0 Å². The van der Waals surface area contributed by atoms with Gasteiger partial charge in [-0.1, -0.05) is 0 Å². The topological polar surface area (TPSA) is 75.7 Å². The predicted molar refractivity (Wildman–Crippen MR) is 109 cm³/mol. The molecule has 0 aliphatic carbocycles. The van der Waals surface area contributed by atoms with Crippen molar-refractivity contribution >= 4 is 28.9 Å². The fourth-order valence-electron chi connectivity index (χ4n) is 3.87. The van der Waals surface area contributed by atoms with Crippen molar-refractivity contribution in [1.82, 2.24) is 10.2 Å². The van der Waals surface area contributed by atoms with E-state index in [9.17, 15) is 14.4 Å². The SMILES string of the molecule is CC(=O)c1cc(CC(=O)N2CCC(CCC(=O)NC[C@@H]3CCCO3)CC2)cs1. The van der Waals surface area contributed by atoms with Crippen LogP contribution in [0.3, 0.4) is 0 Å². The van der Waals surface area contributed by atoms with Crippen molar-refractivity contribution in [2.24, 2.45) is 5.92 Å². The molecule has 0 saturated carbocycles. The fourth-order valence-corrected chi connectivity index (χ4v) is 4.68. The lowest BCUT2D eigenvalue weighted by atomic mass is 9.92. The Balaban J connectivity index is 1.32. The second-order valence-corrected chi connectivity index (χ2v) is 8.77. The number of carbonyl (C=O) groups is 3. The lowest BCUT2D eigenvalue weighted by Gasteiger charge is -2.32. The molecule has 2 amide bonds. The zero-order valence-corrected chi connectivity index (χ0v) is 17.4. The maximum absolute atomic E-state index is 12.5. The van der Waals surface area contributed by atoms with Gasteiger partial charge in [0.2, 0.25) is 11.8 Å². The average Bonchev–Trinajstić information content (AvgIpc) is 3.37. The number of carbonyl (C=O) groups excluding carboxylic acids is 3. The summed E-state index contributed by atoms with van der Waals surface area (Å²) in [5, 5.41) is 4.88. The molecule has 0 aromatic carbocycles. The minimum atomic E-state index is 0.0457. The molecule has 1 atom stereocenters. The van der Waals surface area contributed by atoms with E-state index < -0.39 is 0 Å². The molecule has 2 saturated heterocycles. The number of hydrogen-bond donors (Lipinski definition) is 1. The van der Waals surface area contributed by atoms with E-state index in [4.69, 9.17) is 4.74 Å². The van der Waals surface area contributed by atoms with E-state index in [2.05, 4.69) is 5.32 Å². The zero-order valence-electron chi connectivity index (χ0n) is 16.6. The van der Waals surface area contributed by atoms with Gasteiger partial charge in [-0.25, -0.2) is 0 Å². The highest BCUT2D eigenvalue weighted by molar-refractivity contribution is 7.12. The maximum atomic E-state index is 12.5. The smallest absolute Gasteiger partial charge is 0.227 e. The van der Waals surface area contributed by atoms with Crippen LogP contribution in [-0.2, 0) is 20.7 Å². The number of piperidine rings is 1. The van der Waals surface area contributed by atoms with Crippen LogP contribution in [0.15, 0.2) is 11.4 Å². The molecule has 1 N–H and O–H groups in total. The molecule has 1 aromatic rings. The van der Waals surface area contributed by atoms with Crippen LogP contribution in [0.4, 0.5) is 0 Å². The first-order valence-electron chi connectivity index (χ1n) is 10.3. The van der Waals surface area contributed by atoms with Gasteiger partial charge in [0.15, 0.2) is 5.78 Å². The second-order valence-electron chi connectivity index (χ2n) is 7.85. The highest BCUT2D eigenvalue weighted by Crippen LogP contribution is 2.23. The van der Waals surface area contributed by atoms with E-state index in [0.717, 1.165) is 57.4 Å². The van der Waals surface area contributed by atoms with E-state index in [1.807, 2.05) is 16.3 Å². The molecule has 154 valence electrons. The highest BCUT2D eigenvalue weighted by Gasteiger charge is 2.24. The summed E-state index contributed by atoms with van der Waals surface area (Å²) in [7, 11) is 0. The number of nitrogens with one attached hydrogen (secondary N) is 1. The van der Waals surface area contributed by atoms with E-state index in [1.54, 1.807) is 6.92 Å². The molecule has 2 fully saturated rings. The number of thiophene rings is 1. The minimum Gasteiger partial charge on any atom is -0.376 e. The number of likely N-dealkylation sites (tertiary alicyclic amines) is 1. The standard InChI is InChI=1S/C21H30N2O4S/c1-15(24)19-11-17(14-28-19)12-21(26)23-8-6-16(7-9-23)4-5-20(25)22-13-18-3-2-10-27-18/h11,14,16,18H,2-10,12-13H2,1H3,(H,22,25)/t18-/m0/s1. The molecular formula is C21H30N2O4S. The summed E-state index contributed by atoms with van der Waals surface area (Å²) in [6, 6.07) is 1.83. The molecule has 0 unspecified atom stereocenters. The Bertz CT molecular complexity index is 688. The maximum Gasteiger partial charge on any atom is 0.227 e. The van der Waals surface area contributed by atoms with Crippen LogP contribution in [0.25, 0.3) is 0 Å². The van der Waals surface area contributed by atoms with Crippen LogP contribution in [0.1, 0.15) is 60.7 Å². The molecule has 3 rings (SSSR count). The number of amides is 2. The van der Waals surface area contributed by atoms with Crippen LogP contribution < -0.4 is 5.32 Å². The number of rotatable bonds is 8. The van der Waals surface area contributed by atoms with Crippen LogP contribution in [0.2, 0.25) is 0 Å². The van der Waals surface area contributed by atoms with Crippen molar-refractivity contribution in [3.63, 3.8) is 0 Å². The van der Waals surface area contributed by atoms with Crippen molar-refractivity contribution in [1.29, 1.82) is 0 Å². The lowest BCUT2D eigenvalue weighted by molar-refractivity contribution is -0.132. The molecule has 6 nitrogen and oxygen atoms in total. The molecule has 28 heavy (non-hydrogen) atoms. The molecule has 0 spiro atoms. The Labute approximate surface area is 170 Å². The Kier molecular flexibility index (Phi) is 7.62. The molecule has 1 aromatic heterocycles. The molecule has 2 aliphatic heterocycles. The predicted octanol–water partition coefficient (Wildman–Crippen LogP) is 2.81. The average molecular weight is 407 g/mol. The van der Waals surface area contributed by atoms with Crippen molar-refractivity contribution in [2.75, 3.05) is 26.2 Å². The van der Waals surface area contributed by atoms with Crippen molar-refractivity contribution in [3.8, 4) is 0 Å². The van der Waals surface area contributed by atoms with Crippen molar-refractivity contribution in [3.05, 3.63) is 21.9 Å². The lowest BCUT2D eigenvalue weighted by Crippen LogP contribution is -2.39. The van der Waals surface area contributed by atoms with E-state index in [1.165, 1.54) is 11.3 Å². The van der Waals surface area contributed by atoms with E-state index in [0.29, 0.717) is 30.2 Å². The monoisotopic (exact) mass is 406 g/mol. The summed E-state index contributed by atoms with van der Waals surface area (Å²) in [5.74, 6) is 0.778. The van der Waals surface area contributed by atoms with Gasteiger partial charge < -0.3 is 15.0 Å². The fraction of sp³-hybridized carbons (Fsp3) is 0.667. The quantitative estimate of drug-likeness (QED) is 0.674. The number of ether oxygens (including phenoxy) is 1. The van der Waals surface area contributed by atoms with Gasteiger partial charge >= 0.3 is 0 Å². The van der Waals surface area contributed by atoms with Crippen molar-refractivity contribution < 1.29 is 19.1 Å². The van der Waals surface area contributed by atoms with E-state index in [-0.39, 0.29) is 23.7 Å². The summed E-state index contributed by atoms with van der Waals surface area (Å²) >= 11 is 1.40. The van der Waals surface area contributed by atoms with Gasteiger partial charge in [0.25, 0.3) is 0 Å². The summed E-state index contributed by atoms with van der Waals surface area (Å²) in [4.78, 5) is 38.5. The van der Waals surface area contributed by atoms with Gasteiger partial charge in [-0.2, -0.15) is 0 Å². The van der Waals surface area contributed by atoms with Gasteiger partial charge in [0.05, 0.1) is 17.4 Å². The Morgan fingerprint density at radius 3 is 2.68 bits per heavy atom. The summed E-state index contributed by atoms with van der Waals surface area (Å²) in [6.45, 7) is 4.49. The second kappa shape index (κ2) is 10.2. The minimum absolute atomic E-state index is 0.0457. The molecule has 7 heteroatoms. The Hall–Kier alpha value is -1.73. The Morgan fingerprint density at radius 1 is 1.25 bits per heavy atom. The highest BCUT2D eigenvalue weighted by atomic mass is 32.1. The third-order valence-electron chi connectivity index (χ3n) is 5.65. The van der Waals surface area contributed by atoms with Crippen LogP contribution >= 0.6 is 11.3 Å². The molecule has 3 heterocycles. The normalized spacial score (nSPS) is 20.3. The van der Waals surface area contributed by atoms with Crippen LogP contribution in [0, 0.1) is 5.92 Å². The number of nitrogens with zero attached hydrogens (tertiary/aromatic N) is 1. The van der Waals surface area contributed by atoms with Gasteiger partial charge in [-0.3, -0.25) is 14.4 Å². The van der Waals surface area contributed by atoms with Gasteiger partial charge in [0.1, 0.15) is 0 Å². The molecule has 0 bridgehead atoms. The summed E-state index contributed by atoms with van der Waals surface area (Å²) < 4.78 is 5.52. The molecule has 2 aliphatic rings. The largest absolute Gasteiger partial charge is 0.376 e. The molecular weight excluding hydrogens is 376 g/mol. The summed E-state index contributed by atoms with van der Waals surface area (Å²) in [5.41, 5.74) is 0.922. The van der Waals surface area contributed by atoms with Gasteiger partial charge in [-0.05, 0) is 62.0 Å². The zero-order chi connectivity index (χ0) is 19.9. The first kappa shape index (κ1) is 21.0. The number of hydrogen-bond acceptors (Lipinski definition) is 5. The first-order chi connectivity index (χ1) is 13.5.